The Bertz CT molecular complexity index is 618. The quantitative estimate of drug-likeness (QED) is 0.704. The van der Waals surface area contributed by atoms with Crippen LogP contribution in [0.15, 0.2) is 0 Å². The molecule has 0 radical (unpaired) electrons. The van der Waals surface area contributed by atoms with E-state index in [-0.39, 0.29) is 12.5 Å². The Morgan fingerprint density at radius 2 is 1.74 bits per heavy atom. The number of esters is 1. The first-order valence-corrected chi connectivity index (χ1v) is 9.17. The molecule has 0 unspecified atom stereocenters. The number of methoxy groups -OCH3 is 1. The van der Waals surface area contributed by atoms with Crippen molar-refractivity contribution in [1.29, 1.82) is 0 Å². The lowest BCUT2D eigenvalue weighted by atomic mass is 10.0. The van der Waals surface area contributed by atoms with Gasteiger partial charge in [-0.3, -0.25) is 4.79 Å². The number of amides is 1. The molecule has 0 aliphatic carbocycles. The van der Waals surface area contributed by atoms with Crippen LogP contribution in [0.4, 0.5) is 0 Å². The smallest absolute Gasteiger partial charge is 0.328 e. The fourth-order valence-corrected chi connectivity index (χ4v) is 3.70. The second-order valence-corrected chi connectivity index (χ2v) is 8.38. The minimum absolute atomic E-state index is 0.186. The summed E-state index contributed by atoms with van der Waals surface area (Å²) >= 11 is 0. The summed E-state index contributed by atoms with van der Waals surface area (Å²) in [5.74, 6) is -4.95. The first-order chi connectivity index (χ1) is 12.4. The molecule has 0 aromatic heterocycles. The third-order valence-electron chi connectivity index (χ3n) is 4.91. The molecule has 0 aromatic carbocycles. The van der Waals surface area contributed by atoms with E-state index in [2.05, 4.69) is 5.32 Å². The normalized spacial score (nSPS) is 37.4. The number of carbonyl (C=O) groups is 2. The lowest BCUT2D eigenvalue weighted by molar-refractivity contribution is -0.324. The Morgan fingerprint density at radius 1 is 1.07 bits per heavy atom. The van der Waals surface area contributed by atoms with E-state index in [1.165, 1.54) is 7.11 Å². The molecule has 3 rings (SSSR count). The Hall–Kier alpha value is -1.26. The summed E-state index contributed by atoms with van der Waals surface area (Å²) in [5.41, 5.74) is 0. The highest BCUT2D eigenvalue weighted by atomic mass is 16.9. The minimum atomic E-state index is -1.73. The summed E-state index contributed by atoms with van der Waals surface area (Å²) in [7, 11) is 1.27. The van der Waals surface area contributed by atoms with Gasteiger partial charge in [-0.1, -0.05) is 13.8 Å². The van der Waals surface area contributed by atoms with Crippen molar-refractivity contribution >= 4 is 11.9 Å². The molecule has 3 saturated heterocycles. The highest BCUT2D eigenvalue weighted by Gasteiger charge is 2.71. The molecule has 27 heavy (non-hydrogen) atoms. The Morgan fingerprint density at radius 3 is 2.33 bits per heavy atom. The number of rotatable bonds is 4. The van der Waals surface area contributed by atoms with Crippen molar-refractivity contribution < 1.29 is 38.0 Å². The van der Waals surface area contributed by atoms with Gasteiger partial charge in [0.05, 0.1) is 13.7 Å². The number of ether oxygens (including phenoxy) is 6. The van der Waals surface area contributed by atoms with Crippen molar-refractivity contribution in [3.05, 3.63) is 0 Å². The topological polar surface area (TPSA) is 102 Å². The number of hydrogen-bond donors (Lipinski definition) is 1. The van der Waals surface area contributed by atoms with Gasteiger partial charge in [0.2, 0.25) is 0 Å². The molecule has 0 saturated carbocycles. The van der Waals surface area contributed by atoms with Crippen LogP contribution in [0.1, 0.15) is 41.5 Å². The van der Waals surface area contributed by atoms with Crippen LogP contribution in [0.5, 0.6) is 0 Å². The first-order valence-electron chi connectivity index (χ1n) is 9.17. The first kappa shape index (κ1) is 20.5. The zero-order chi connectivity index (χ0) is 20.2. The highest BCUT2D eigenvalue weighted by Crippen LogP contribution is 2.49. The van der Waals surface area contributed by atoms with Crippen LogP contribution < -0.4 is 5.32 Å². The molecule has 3 heterocycles. The van der Waals surface area contributed by atoms with Crippen molar-refractivity contribution in [3.8, 4) is 0 Å². The van der Waals surface area contributed by atoms with Gasteiger partial charge in [-0.15, -0.1) is 0 Å². The van der Waals surface area contributed by atoms with Gasteiger partial charge in [0.1, 0.15) is 18.2 Å². The van der Waals surface area contributed by atoms with Gasteiger partial charge < -0.3 is 33.7 Å². The van der Waals surface area contributed by atoms with Crippen molar-refractivity contribution in [2.45, 2.75) is 83.3 Å². The van der Waals surface area contributed by atoms with E-state index in [0.29, 0.717) is 0 Å². The lowest BCUT2D eigenvalue weighted by Gasteiger charge is -2.38. The molecule has 3 aliphatic heterocycles. The van der Waals surface area contributed by atoms with E-state index in [1.807, 2.05) is 13.8 Å². The summed E-state index contributed by atoms with van der Waals surface area (Å²) in [6, 6.07) is -0.843. The number of nitrogens with one attached hydrogen (secondary N) is 1. The van der Waals surface area contributed by atoms with Crippen molar-refractivity contribution in [3.63, 3.8) is 0 Å². The molecule has 9 heteroatoms. The van der Waals surface area contributed by atoms with E-state index in [9.17, 15) is 9.59 Å². The third kappa shape index (κ3) is 3.58. The average Bonchev–Trinajstić information content (AvgIpc) is 2.99. The number of fused-ring (bicyclic) bond motifs is 3. The van der Waals surface area contributed by atoms with Crippen LogP contribution in [0.25, 0.3) is 0 Å². The van der Waals surface area contributed by atoms with Gasteiger partial charge in [-0.25, -0.2) is 4.79 Å². The summed E-state index contributed by atoms with van der Waals surface area (Å²) < 4.78 is 34.3. The van der Waals surface area contributed by atoms with Gasteiger partial charge in [-0.2, -0.15) is 0 Å². The average molecular weight is 387 g/mol. The molecule has 9 nitrogen and oxygen atoms in total. The molecule has 5 atom stereocenters. The molecule has 1 N–H and O–H groups in total. The molecule has 1 amide bonds. The summed E-state index contributed by atoms with van der Waals surface area (Å²) in [6.07, 6.45) is -1.87. The van der Waals surface area contributed by atoms with E-state index in [4.69, 9.17) is 28.4 Å². The molecule has 0 spiro atoms. The van der Waals surface area contributed by atoms with Crippen LogP contribution in [-0.4, -0.2) is 67.3 Å². The predicted octanol–water partition coefficient (Wildman–Crippen LogP) is 0.698. The SMILES string of the molecule is COC(=O)[C@@H](NC(=O)[C@@]12O[C@H]3COC(C)(C)O[C@H]3[C@@H]1OC(C)(C)O2)C(C)C. The second-order valence-electron chi connectivity index (χ2n) is 8.38. The maximum absolute atomic E-state index is 13.2. The Balaban J connectivity index is 1.89. The molecule has 0 aromatic rings. The third-order valence-corrected chi connectivity index (χ3v) is 4.91. The van der Waals surface area contributed by atoms with Crippen LogP contribution >= 0.6 is 0 Å². The summed E-state index contributed by atoms with van der Waals surface area (Å²) in [4.78, 5) is 25.3. The maximum Gasteiger partial charge on any atom is 0.328 e. The lowest BCUT2D eigenvalue weighted by Crippen LogP contribution is -2.58. The largest absolute Gasteiger partial charge is 0.467 e. The van der Waals surface area contributed by atoms with E-state index < -0.39 is 53.6 Å². The Labute approximate surface area is 158 Å². The van der Waals surface area contributed by atoms with Crippen LogP contribution in [-0.2, 0) is 38.0 Å². The van der Waals surface area contributed by atoms with Crippen molar-refractivity contribution in [1.82, 2.24) is 5.32 Å². The maximum atomic E-state index is 13.2. The van der Waals surface area contributed by atoms with Crippen LogP contribution in [0, 0.1) is 5.92 Å². The van der Waals surface area contributed by atoms with Gasteiger partial charge in [-0.05, 0) is 33.6 Å². The molecule has 3 fully saturated rings. The number of hydrogen-bond acceptors (Lipinski definition) is 8. The summed E-state index contributed by atoms with van der Waals surface area (Å²) in [5, 5.41) is 2.70. The van der Waals surface area contributed by atoms with Crippen LogP contribution in [0.3, 0.4) is 0 Å². The van der Waals surface area contributed by atoms with Gasteiger partial charge in [0.15, 0.2) is 17.7 Å². The fraction of sp³-hybridized carbons (Fsp3) is 0.889. The zero-order valence-corrected chi connectivity index (χ0v) is 16.9. The van der Waals surface area contributed by atoms with Gasteiger partial charge in [0.25, 0.3) is 11.7 Å². The van der Waals surface area contributed by atoms with E-state index >= 15 is 0 Å². The number of carbonyl (C=O) groups excluding carboxylic acids is 2. The second kappa shape index (κ2) is 6.66. The van der Waals surface area contributed by atoms with Crippen molar-refractivity contribution in [2.75, 3.05) is 13.7 Å². The molecular weight excluding hydrogens is 358 g/mol. The Kier molecular flexibility index (Phi) is 5.05. The van der Waals surface area contributed by atoms with Crippen LogP contribution in [0.2, 0.25) is 0 Å². The zero-order valence-electron chi connectivity index (χ0n) is 16.9. The monoisotopic (exact) mass is 387 g/mol. The standard InChI is InChI=1S/C18H29NO8/c1-9(2)11(14(20)22-7)19-15(21)18-13(26-17(5,6)27-18)12-10(24-18)8-23-16(3,4)25-12/h9-13H,8H2,1-7H3,(H,19,21)/t10-,11-,12+,13-,18+/m0/s1. The molecule has 0 bridgehead atoms. The fourth-order valence-electron chi connectivity index (χ4n) is 3.70. The van der Waals surface area contributed by atoms with Gasteiger partial charge >= 0.3 is 5.97 Å². The van der Waals surface area contributed by atoms with E-state index in [1.54, 1.807) is 27.7 Å². The van der Waals surface area contributed by atoms with Crippen molar-refractivity contribution in [2.24, 2.45) is 5.92 Å². The molecular formula is C18H29NO8. The predicted molar refractivity (Wildman–Crippen MR) is 91.3 cm³/mol. The highest BCUT2D eigenvalue weighted by molar-refractivity contribution is 5.90. The van der Waals surface area contributed by atoms with Gasteiger partial charge in [0, 0.05) is 0 Å². The summed E-state index contributed by atoms with van der Waals surface area (Å²) in [6.45, 7) is 10.8. The molecule has 154 valence electrons. The molecule has 3 aliphatic rings. The van der Waals surface area contributed by atoms with E-state index in [0.717, 1.165) is 0 Å². The minimum Gasteiger partial charge on any atom is -0.467 e.